The summed E-state index contributed by atoms with van der Waals surface area (Å²) in [6, 6.07) is 3.58. The number of hydrogen-bond acceptors (Lipinski definition) is 5. The Morgan fingerprint density at radius 3 is 2.00 bits per heavy atom. The van der Waals surface area contributed by atoms with E-state index >= 15 is 0 Å². The van der Waals surface area contributed by atoms with E-state index in [4.69, 9.17) is 15.2 Å². The molecule has 2 aromatic rings. The van der Waals surface area contributed by atoms with Gasteiger partial charge in [0.25, 0.3) is 0 Å². The minimum atomic E-state index is -0.209. The lowest BCUT2D eigenvalue weighted by molar-refractivity contribution is 0.356. The molecular weight excluding hydrogens is 220 g/mol. The number of rotatable bonds is 4. The molecule has 0 aliphatic heterocycles. The lowest BCUT2D eigenvalue weighted by Gasteiger charge is -2.05. The van der Waals surface area contributed by atoms with Crippen molar-refractivity contribution in [2.24, 2.45) is 5.73 Å². The molecular formula is C11H16N4O2. The van der Waals surface area contributed by atoms with E-state index in [1.807, 2.05) is 6.92 Å². The predicted octanol–water partition coefficient (Wildman–Crippen LogP) is 1.32. The van der Waals surface area contributed by atoms with Crippen molar-refractivity contribution in [3.63, 3.8) is 0 Å². The fourth-order valence-corrected chi connectivity index (χ4v) is 1.57. The van der Waals surface area contributed by atoms with Crippen molar-refractivity contribution in [1.29, 1.82) is 0 Å². The number of nitrogens with zero attached hydrogens (tertiary/aromatic N) is 3. The van der Waals surface area contributed by atoms with Crippen LogP contribution < -0.4 is 15.2 Å². The maximum Gasteiger partial charge on any atom is 0.163 e. The Morgan fingerprint density at radius 1 is 1.18 bits per heavy atom. The van der Waals surface area contributed by atoms with Crippen molar-refractivity contribution in [1.82, 2.24) is 15.0 Å². The van der Waals surface area contributed by atoms with Crippen molar-refractivity contribution in [2.75, 3.05) is 14.2 Å². The van der Waals surface area contributed by atoms with Crippen molar-refractivity contribution in [3.8, 4) is 11.5 Å². The van der Waals surface area contributed by atoms with Crippen LogP contribution >= 0.6 is 0 Å². The van der Waals surface area contributed by atoms with Gasteiger partial charge in [0.05, 0.1) is 14.2 Å². The SMILES string of the molecule is CC[C@@H](N)n1nc2cc(OC)c(OC)cc2n1. The summed E-state index contributed by atoms with van der Waals surface area (Å²) < 4.78 is 10.4. The quantitative estimate of drug-likeness (QED) is 0.866. The van der Waals surface area contributed by atoms with Gasteiger partial charge in [-0.1, -0.05) is 6.92 Å². The zero-order chi connectivity index (χ0) is 12.4. The van der Waals surface area contributed by atoms with Gasteiger partial charge in [-0.05, 0) is 6.42 Å². The minimum absolute atomic E-state index is 0.209. The number of fused-ring (bicyclic) bond motifs is 1. The van der Waals surface area contributed by atoms with Gasteiger partial charge < -0.3 is 15.2 Å². The van der Waals surface area contributed by atoms with Crippen LogP contribution in [0.4, 0.5) is 0 Å². The van der Waals surface area contributed by atoms with E-state index in [1.54, 1.807) is 26.4 Å². The number of ether oxygens (including phenoxy) is 2. The van der Waals surface area contributed by atoms with Gasteiger partial charge >= 0.3 is 0 Å². The average Bonchev–Trinajstić information content (AvgIpc) is 2.78. The first-order chi connectivity index (χ1) is 8.19. The number of hydrogen-bond donors (Lipinski definition) is 1. The second kappa shape index (κ2) is 4.58. The van der Waals surface area contributed by atoms with Crippen LogP contribution in [0.1, 0.15) is 19.5 Å². The molecule has 0 saturated heterocycles. The van der Waals surface area contributed by atoms with Gasteiger partial charge in [0.2, 0.25) is 0 Å². The zero-order valence-corrected chi connectivity index (χ0v) is 10.2. The molecule has 1 aromatic heterocycles. The summed E-state index contributed by atoms with van der Waals surface area (Å²) in [6.07, 6.45) is 0.564. The van der Waals surface area contributed by atoms with E-state index in [2.05, 4.69) is 10.2 Å². The Kier molecular flexibility index (Phi) is 3.14. The van der Waals surface area contributed by atoms with Crippen LogP contribution in [0.15, 0.2) is 12.1 Å². The van der Waals surface area contributed by atoms with Crippen LogP contribution in [0.5, 0.6) is 11.5 Å². The standard InChI is InChI=1S/C11H16N4O2/c1-4-11(12)15-13-7-5-9(16-2)10(17-3)6-8(7)14-15/h5-6,11H,4,12H2,1-3H3/t11-/m0/s1. The van der Waals surface area contributed by atoms with E-state index in [-0.39, 0.29) is 6.17 Å². The molecule has 0 fully saturated rings. The highest BCUT2D eigenvalue weighted by molar-refractivity contribution is 5.78. The molecule has 6 heteroatoms. The lowest BCUT2D eigenvalue weighted by Crippen LogP contribution is -2.19. The van der Waals surface area contributed by atoms with E-state index in [9.17, 15) is 0 Å². The van der Waals surface area contributed by atoms with Gasteiger partial charge in [-0.3, -0.25) is 0 Å². The molecule has 1 heterocycles. The molecule has 0 saturated carbocycles. The first-order valence-electron chi connectivity index (χ1n) is 5.43. The lowest BCUT2D eigenvalue weighted by atomic mass is 10.3. The molecule has 0 unspecified atom stereocenters. The van der Waals surface area contributed by atoms with Gasteiger partial charge in [-0.15, -0.1) is 0 Å². The number of nitrogens with two attached hydrogens (primary N) is 1. The monoisotopic (exact) mass is 236 g/mol. The number of benzene rings is 1. The largest absolute Gasteiger partial charge is 0.493 e. The van der Waals surface area contributed by atoms with Crippen LogP contribution in [-0.4, -0.2) is 29.2 Å². The smallest absolute Gasteiger partial charge is 0.163 e. The van der Waals surface area contributed by atoms with Gasteiger partial charge in [0.1, 0.15) is 17.2 Å². The minimum Gasteiger partial charge on any atom is -0.493 e. The summed E-state index contributed by atoms with van der Waals surface area (Å²) in [6.45, 7) is 1.99. The van der Waals surface area contributed by atoms with E-state index < -0.39 is 0 Å². The highest BCUT2D eigenvalue weighted by Crippen LogP contribution is 2.30. The molecule has 0 radical (unpaired) electrons. The van der Waals surface area contributed by atoms with Crippen LogP contribution in [-0.2, 0) is 0 Å². The van der Waals surface area contributed by atoms with E-state index in [0.29, 0.717) is 11.5 Å². The highest BCUT2D eigenvalue weighted by atomic mass is 16.5. The molecule has 0 aliphatic rings. The first kappa shape index (κ1) is 11.7. The topological polar surface area (TPSA) is 75.2 Å². The third-order valence-corrected chi connectivity index (χ3v) is 2.62. The molecule has 17 heavy (non-hydrogen) atoms. The molecule has 92 valence electrons. The van der Waals surface area contributed by atoms with E-state index in [0.717, 1.165) is 17.5 Å². The average molecular weight is 236 g/mol. The van der Waals surface area contributed by atoms with Crippen molar-refractivity contribution in [2.45, 2.75) is 19.5 Å². The summed E-state index contributed by atoms with van der Waals surface area (Å²) in [5.74, 6) is 1.27. The third kappa shape index (κ3) is 2.03. The van der Waals surface area contributed by atoms with Crippen molar-refractivity contribution < 1.29 is 9.47 Å². The maximum absolute atomic E-state index is 5.87. The second-order valence-electron chi connectivity index (χ2n) is 3.69. The van der Waals surface area contributed by atoms with E-state index in [1.165, 1.54) is 4.80 Å². The van der Waals surface area contributed by atoms with Crippen LogP contribution in [0, 0.1) is 0 Å². The van der Waals surface area contributed by atoms with Crippen LogP contribution in [0.3, 0.4) is 0 Å². The van der Waals surface area contributed by atoms with Gasteiger partial charge in [-0.25, -0.2) is 0 Å². The molecule has 0 amide bonds. The third-order valence-electron chi connectivity index (χ3n) is 2.62. The maximum atomic E-state index is 5.87. The Bertz CT molecular complexity index is 482. The molecule has 0 bridgehead atoms. The Morgan fingerprint density at radius 2 is 1.65 bits per heavy atom. The zero-order valence-electron chi connectivity index (χ0n) is 10.2. The Hall–Kier alpha value is -1.82. The summed E-state index contributed by atoms with van der Waals surface area (Å²) in [5.41, 5.74) is 7.36. The summed E-state index contributed by atoms with van der Waals surface area (Å²) in [5, 5.41) is 8.62. The van der Waals surface area contributed by atoms with Gasteiger partial charge in [0.15, 0.2) is 11.5 Å². The highest BCUT2D eigenvalue weighted by Gasteiger charge is 2.12. The number of aromatic nitrogens is 3. The van der Waals surface area contributed by atoms with Gasteiger partial charge in [0, 0.05) is 12.1 Å². The second-order valence-corrected chi connectivity index (χ2v) is 3.69. The summed E-state index contributed by atoms with van der Waals surface area (Å²) in [7, 11) is 3.18. The van der Waals surface area contributed by atoms with Gasteiger partial charge in [-0.2, -0.15) is 15.0 Å². The normalized spacial score (nSPS) is 12.7. The molecule has 1 aromatic carbocycles. The Labute approximate surface area is 99.3 Å². The fourth-order valence-electron chi connectivity index (χ4n) is 1.57. The summed E-state index contributed by atoms with van der Waals surface area (Å²) >= 11 is 0. The van der Waals surface area contributed by atoms with Crippen LogP contribution in [0.2, 0.25) is 0 Å². The van der Waals surface area contributed by atoms with Crippen molar-refractivity contribution in [3.05, 3.63) is 12.1 Å². The molecule has 1 atom stereocenters. The predicted molar refractivity (Wildman–Crippen MR) is 64.1 cm³/mol. The molecule has 2 N–H and O–H groups in total. The number of methoxy groups -OCH3 is 2. The fraction of sp³-hybridized carbons (Fsp3) is 0.455. The molecule has 2 rings (SSSR count). The van der Waals surface area contributed by atoms with Crippen LogP contribution in [0.25, 0.3) is 11.0 Å². The Balaban J connectivity index is 2.53. The summed E-state index contributed by atoms with van der Waals surface area (Å²) in [4.78, 5) is 1.52. The molecule has 0 spiro atoms. The first-order valence-corrected chi connectivity index (χ1v) is 5.43. The molecule has 6 nitrogen and oxygen atoms in total. The molecule has 0 aliphatic carbocycles. The van der Waals surface area contributed by atoms with Crippen molar-refractivity contribution >= 4 is 11.0 Å².